The molecule has 124 valence electrons. The molecule has 2 rings (SSSR count). The summed E-state index contributed by atoms with van der Waals surface area (Å²) in [4.78, 5) is 24.1. The summed E-state index contributed by atoms with van der Waals surface area (Å²) in [5, 5.41) is 2.71. The van der Waals surface area contributed by atoms with Crippen molar-refractivity contribution in [1.29, 1.82) is 0 Å². The average molecular weight is 318 g/mol. The van der Waals surface area contributed by atoms with Crippen LogP contribution in [-0.4, -0.2) is 38.5 Å². The molecule has 0 saturated carbocycles. The van der Waals surface area contributed by atoms with Gasteiger partial charge in [-0.05, 0) is 36.6 Å². The van der Waals surface area contributed by atoms with Gasteiger partial charge in [-0.25, -0.2) is 0 Å². The number of nitrogens with two attached hydrogens (primary N) is 1. The molecule has 1 aromatic rings. The number of carbonyl (C=O) groups is 2. The summed E-state index contributed by atoms with van der Waals surface area (Å²) in [7, 11) is 3.12. The summed E-state index contributed by atoms with van der Waals surface area (Å²) in [6, 6.07) is 4.58. The van der Waals surface area contributed by atoms with Gasteiger partial charge in [0.15, 0.2) is 17.3 Å². The van der Waals surface area contributed by atoms with Gasteiger partial charge in [-0.3, -0.25) is 9.59 Å². The van der Waals surface area contributed by atoms with Crippen LogP contribution in [0.15, 0.2) is 24.3 Å². The standard InChI is InChI=1S/C17H22N2O4/c1-22-14-8-6-11(10-15(14)23-2)5-7-13(20)12-4-3-9-19-17(21)16(12)18/h5-8,10,12,16H,3-4,9,18H2,1-2H3,(H,19,21). The predicted octanol–water partition coefficient (Wildman–Crippen LogP) is 1.14. The minimum atomic E-state index is -0.792. The largest absolute Gasteiger partial charge is 0.493 e. The van der Waals surface area contributed by atoms with E-state index in [0.717, 1.165) is 12.0 Å². The first-order chi connectivity index (χ1) is 11.1. The highest BCUT2D eigenvalue weighted by Gasteiger charge is 2.30. The van der Waals surface area contributed by atoms with Gasteiger partial charge in [0.1, 0.15) is 0 Å². The summed E-state index contributed by atoms with van der Waals surface area (Å²) >= 11 is 0. The summed E-state index contributed by atoms with van der Waals surface area (Å²) in [5.74, 6) is 0.338. The lowest BCUT2D eigenvalue weighted by Crippen LogP contribution is -2.45. The number of ether oxygens (including phenoxy) is 2. The van der Waals surface area contributed by atoms with Crippen molar-refractivity contribution < 1.29 is 19.1 Å². The van der Waals surface area contributed by atoms with Crippen molar-refractivity contribution in [2.24, 2.45) is 11.7 Å². The number of amides is 1. The Morgan fingerprint density at radius 3 is 2.74 bits per heavy atom. The monoisotopic (exact) mass is 318 g/mol. The highest BCUT2D eigenvalue weighted by molar-refractivity contribution is 5.99. The number of nitrogens with one attached hydrogen (secondary N) is 1. The van der Waals surface area contributed by atoms with Crippen LogP contribution in [0.2, 0.25) is 0 Å². The predicted molar refractivity (Wildman–Crippen MR) is 87.3 cm³/mol. The Morgan fingerprint density at radius 2 is 2.04 bits per heavy atom. The first-order valence-corrected chi connectivity index (χ1v) is 7.54. The van der Waals surface area contributed by atoms with Gasteiger partial charge < -0.3 is 20.5 Å². The molecule has 1 saturated heterocycles. The maximum absolute atomic E-state index is 12.4. The van der Waals surface area contributed by atoms with Crippen LogP contribution in [0, 0.1) is 5.92 Å². The van der Waals surface area contributed by atoms with E-state index in [1.54, 1.807) is 32.4 Å². The third kappa shape index (κ3) is 4.10. The van der Waals surface area contributed by atoms with Crippen molar-refractivity contribution in [3.63, 3.8) is 0 Å². The molecule has 0 bridgehead atoms. The maximum atomic E-state index is 12.4. The maximum Gasteiger partial charge on any atom is 0.237 e. The normalized spacial score (nSPS) is 21.6. The van der Waals surface area contributed by atoms with Gasteiger partial charge in [-0.2, -0.15) is 0 Å². The molecule has 1 aliphatic heterocycles. The first kappa shape index (κ1) is 17.0. The summed E-state index contributed by atoms with van der Waals surface area (Å²) in [5.41, 5.74) is 6.68. The van der Waals surface area contributed by atoms with Crippen molar-refractivity contribution in [3.8, 4) is 11.5 Å². The van der Waals surface area contributed by atoms with E-state index in [1.165, 1.54) is 6.08 Å². The molecule has 0 aromatic heterocycles. The lowest BCUT2D eigenvalue weighted by Gasteiger charge is -2.16. The van der Waals surface area contributed by atoms with Crippen molar-refractivity contribution in [1.82, 2.24) is 5.32 Å². The summed E-state index contributed by atoms with van der Waals surface area (Å²) in [6.07, 6.45) is 4.53. The molecule has 0 radical (unpaired) electrons. The second-order valence-electron chi connectivity index (χ2n) is 5.42. The topological polar surface area (TPSA) is 90.7 Å². The lowest BCUT2D eigenvalue weighted by atomic mass is 9.91. The highest BCUT2D eigenvalue weighted by Crippen LogP contribution is 2.28. The molecule has 2 atom stereocenters. The number of methoxy groups -OCH3 is 2. The van der Waals surface area contributed by atoms with Crippen molar-refractivity contribution >= 4 is 17.8 Å². The number of benzene rings is 1. The van der Waals surface area contributed by atoms with Gasteiger partial charge in [0.25, 0.3) is 0 Å². The summed E-state index contributed by atoms with van der Waals surface area (Å²) in [6.45, 7) is 0.565. The molecule has 1 fully saturated rings. The minimum Gasteiger partial charge on any atom is -0.493 e. The zero-order valence-electron chi connectivity index (χ0n) is 13.4. The van der Waals surface area contributed by atoms with E-state index in [9.17, 15) is 9.59 Å². The number of allylic oxidation sites excluding steroid dienone is 1. The second kappa shape index (κ2) is 7.78. The number of hydrogen-bond acceptors (Lipinski definition) is 5. The second-order valence-corrected chi connectivity index (χ2v) is 5.42. The van der Waals surface area contributed by atoms with Crippen molar-refractivity contribution in [2.75, 3.05) is 20.8 Å². The van der Waals surface area contributed by atoms with Gasteiger partial charge in [0.2, 0.25) is 5.91 Å². The summed E-state index contributed by atoms with van der Waals surface area (Å²) < 4.78 is 10.4. The van der Waals surface area contributed by atoms with Crippen LogP contribution in [0.1, 0.15) is 18.4 Å². The Kier molecular flexibility index (Phi) is 5.76. The van der Waals surface area contributed by atoms with Gasteiger partial charge in [-0.15, -0.1) is 0 Å². The van der Waals surface area contributed by atoms with E-state index in [2.05, 4.69) is 5.32 Å². The minimum absolute atomic E-state index is 0.135. The molecule has 1 aliphatic rings. The fourth-order valence-corrected chi connectivity index (χ4v) is 2.59. The lowest BCUT2D eigenvalue weighted by molar-refractivity contribution is -0.127. The fourth-order valence-electron chi connectivity index (χ4n) is 2.59. The quantitative estimate of drug-likeness (QED) is 0.795. The third-order valence-corrected chi connectivity index (χ3v) is 3.94. The van der Waals surface area contributed by atoms with Gasteiger partial charge in [-0.1, -0.05) is 12.1 Å². The molecule has 3 N–H and O–H groups in total. The van der Waals surface area contributed by atoms with Crippen LogP contribution in [0.25, 0.3) is 6.08 Å². The van der Waals surface area contributed by atoms with Crippen LogP contribution in [0.4, 0.5) is 0 Å². The van der Waals surface area contributed by atoms with Crippen LogP contribution < -0.4 is 20.5 Å². The molecule has 6 nitrogen and oxygen atoms in total. The number of carbonyl (C=O) groups excluding carboxylic acids is 2. The van der Waals surface area contributed by atoms with Gasteiger partial charge in [0.05, 0.1) is 20.3 Å². The number of rotatable bonds is 5. The van der Waals surface area contributed by atoms with Gasteiger partial charge >= 0.3 is 0 Å². The fraction of sp³-hybridized carbons (Fsp3) is 0.412. The highest BCUT2D eigenvalue weighted by atomic mass is 16.5. The molecule has 23 heavy (non-hydrogen) atoms. The van der Waals surface area contributed by atoms with E-state index in [-0.39, 0.29) is 11.7 Å². The van der Waals surface area contributed by atoms with E-state index in [1.807, 2.05) is 6.07 Å². The van der Waals surface area contributed by atoms with Crippen molar-refractivity contribution in [3.05, 3.63) is 29.8 Å². The third-order valence-electron chi connectivity index (χ3n) is 3.94. The molecule has 1 amide bonds. The van der Waals surface area contributed by atoms with Crippen molar-refractivity contribution in [2.45, 2.75) is 18.9 Å². The zero-order chi connectivity index (χ0) is 16.8. The first-order valence-electron chi connectivity index (χ1n) is 7.54. The molecule has 6 heteroatoms. The Balaban J connectivity index is 2.12. The molecular weight excluding hydrogens is 296 g/mol. The van der Waals surface area contributed by atoms with Gasteiger partial charge in [0, 0.05) is 12.5 Å². The zero-order valence-corrected chi connectivity index (χ0v) is 13.4. The Labute approximate surface area is 135 Å². The van der Waals surface area contributed by atoms with E-state index in [0.29, 0.717) is 24.5 Å². The SMILES string of the molecule is COc1ccc(C=CC(=O)C2CCCNC(=O)C2N)cc1OC. The van der Waals surface area contributed by atoms with E-state index >= 15 is 0 Å². The van der Waals surface area contributed by atoms with Crippen LogP contribution in [0.3, 0.4) is 0 Å². The average Bonchev–Trinajstić information content (AvgIpc) is 2.74. The van der Waals surface area contributed by atoms with Crippen LogP contribution in [-0.2, 0) is 9.59 Å². The molecule has 0 aliphatic carbocycles. The Hall–Kier alpha value is -2.34. The molecular formula is C17H22N2O4. The number of hydrogen-bond donors (Lipinski definition) is 2. The smallest absolute Gasteiger partial charge is 0.237 e. The van der Waals surface area contributed by atoms with Crippen LogP contribution >= 0.6 is 0 Å². The molecule has 1 heterocycles. The molecule has 0 spiro atoms. The molecule has 1 aromatic carbocycles. The van der Waals surface area contributed by atoms with E-state index in [4.69, 9.17) is 15.2 Å². The Morgan fingerprint density at radius 1 is 1.30 bits per heavy atom. The number of ketones is 1. The van der Waals surface area contributed by atoms with Crippen LogP contribution in [0.5, 0.6) is 11.5 Å². The van der Waals surface area contributed by atoms with E-state index < -0.39 is 12.0 Å². The Bertz CT molecular complexity index is 613. The molecule has 2 unspecified atom stereocenters.